The number of likely N-dealkylation sites (tertiary alicyclic amines) is 1. The summed E-state index contributed by atoms with van der Waals surface area (Å²) in [5.74, 6) is -0.210. The minimum atomic E-state index is -3.72. The average Bonchev–Trinajstić information content (AvgIpc) is 3.45. The van der Waals surface area contributed by atoms with Crippen molar-refractivity contribution in [2.75, 3.05) is 17.8 Å². The molecule has 2 saturated heterocycles. The third-order valence-electron chi connectivity index (χ3n) is 7.58. The summed E-state index contributed by atoms with van der Waals surface area (Å²) < 4.78 is 46.8. The van der Waals surface area contributed by atoms with E-state index in [0.717, 1.165) is 36.1 Å². The summed E-state index contributed by atoms with van der Waals surface area (Å²) in [5, 5.41) is 9.49. The first kappa shape index (κ1) is 31.2. The maximum Gasteiger partial charge on any atom is 0.323 e. The first-order chi connectivity index (χ1) is 20.5. The van der Waals surface area contributed by atoms with E-state index >= 15 is 0 Å². The molecule has 0 spiro atoms. The largest absolute Gasteiger partial charge is 0.459 e. The lowest BCUT2D eigenvalue weighted by molar-refractivity contribution is -0.253. The predicted octanol–water partition coefficient (Wildman–Crippen LogP) is 5.33. The molecule has 4 atom stereocenters. The summed E-state index contributed by atoms with van der Waals surface area (Å²) in [6.07, 6.45) is 1.01. The molecule has 3 aromatic rings. The van der Waals surface area contributed by atoms with E-state index in [-0.39, 0.29) is 35.7 Å². The number of sulfonamides is 1. The fourth-order valence-corrected chi connectivity index (χ4v) is 6.58. The molecular weight excluding hydrogens is 568 g/mol. The van der Waals surface area contributed by atoms with Crippen molar-refractivity contribution >= 4 is 21.7 Å². The number of aliphatic hydroxyl groups is 1. The first-order valence-electron chi connectivity index (χ1n) is 14.7. The number of esters is 1. The highest BCUT2D eigenvalue weighted by atomic mass is 32.2. The first-order valence-corrected chi connectivity index (χ1v) is 16.1. The molecule has 0 radical (unpaired) electrons. The molecule has 0 saturated carbocycles. The second kappa shape index (κ2) is 13.2. The third kappa shape index (κ3) is 8.01. The molecule has 2 aliphatic heterocycles. The zero-order valence-electron chi connectivity index (χ0n) is 24.8. The summed E-state index contributed by atoms with van der Waals surface area (Å²) >= 11 is 0. The number of benzene rings is 3. The van der Waals surface area contributed by atoms with E-state index in [1.165, 1.54) is 0 Å². The molecule has 0 aliphatic carbocycles. The summed E-state index contributed by atoms with van der Waals surface area (Å²) in [6.45, 7) is 6.91. The Morgan fingerprint density at radius 2 is 1.65 bits per heavy atom. The Balaban J connectivity index is 1.34. The van der Waals surface area contributed by atoms with Gasteiger partial charge in [-0.15, -0.1) is 0 Å². The van der Waals surface area contributed by atoms with Crippen LogP contribution in [0.15, 0.2) is 83.8 Å². The summed E-state index contributed by atoms with van der Waals surface area (Å²) in [5.41, 5.74) is 2.39. The Bertz CT molecular complexity index is 1470. The quantitative estimate of drug-likeness (QED) is 0.314. The van der Waals surface area contributed by atoms with E-state index in [4.69, 9.17) is 14.2 Å². The van der Waals surface area contributed by atoms with Crippen molar-refractivity contribution in [1.82, 2.24) is 4.90 Å². The van der Waals surface area contributed by atoms with E-state index in [0.29, 0.717) is 18.7 Å². The van der Waals surface area contributed by atoms with Crippen molar-refractivity contribution in [3.8, 4) is 0 Å². The van der Waals surface area contributed by atoms with Gasteiger partial charge < -0.3 is 19.3 Å². The van der Waals surface area contributed by atoms with Gasteiger partial charge in [0, 0.05) is 24.2 Å². The van der Waals surface area contributed by atoms with Crippen LogP contribution in [-0.4, -0.2) is 55.2 Å². The van der Waals surface area contributed by atoms with Gasteiger partial charge in [0.15, 0.2) is 6.29 Å². The second-order valence-corrected chi connectivity index (χ2v) is 13.8. The van der Waals surface area contributed by atoms with E-state index in [1.54, 1.807) is 54.6 Å². The molecule has 9 nitrogen and oxygen atoms in total. The van der Waals surface area contributed by atoms with Crippen LogP contribution in [0.1, 0.15) is 69.1 Å². The normalized spacial score (nSPS) is 23.2. The van der Waals surface area contributed by atoms with Gasteiger partial charge in [-0.05, 0) is 75.5 Å². The highest BCUT2D eigenvalue weighted by Crippen LogP contribution is 2.39. The van der Waals surface area contributed by atoms with Crippen molar-refractivity contribution in [1.29, 1.82) is 0 Å². The molecule has 230 valence electrons. The van der Waals surface area contributed by atoms with Gasteiger partial charge in [0.1, 0.15) is 11.6 Å². The van der Waals surface area contributed by atoms with Gasteiger partial charge >= 0.3 is 5.97 Å². The van der Waals surface area contributed by atoms with Crippen LogP contribution in [-0.2, 0) is 35.6 Å². The number of nitrogens with zero attached hydrogens (tertiary/aromatic N) is 1. The SMILES string of the molecule is CC(C)(C)OC(=O)C1CCCN1CC1CC(c2ccc(CO)cc2)OC(c2ccc(NS(=O)(=O)c3ccccc3)cc2)O1. The van der Waals surface area contributed by atoms with E-state index < -0.39 is 21.9 Å². The van der Waals surface area contributed by atoms with E-state index in [2.05, 4.69) is 9.62 Å². The number of ether oxygens (including phenoxy) is 3. The van der Waals surface area contributed by atoms with Gasteiger partial charge in [-0.3, -0.25) is 14.4 Å². The molecule has 43 heavy (non-hydrogen) atoms. The molecule has 0 aromatic heterocycles. The number of nitrogens with one attached hydrogen (secondary N) is 1. The smallest absolute Gasteiger partial charge is 0.323 e. The van der Waals surface area contributed by atoms with Gasteiger partial charge in [0.25, 0.3) is 10.0 Å². The number of aliphatic hydroxyl groups excluding tert-OH is 1. The topological polar surface area (TPSA) is 114 Å². The van der Waals surface area contributed by atoms with Gasteiger partial charge in [0.05, 0.1) is 23.7 Å². The molecular formula is C33H40N2O7S. The Morgan fingerprint density at radius 3 is 2.30 bits per heavy atom. The number of carbonyl (C=O) groups excluding carboxylic acids is 1. The molecule has 2 fully saturated rings. The van der Waals surface area contributed by atoms with Crippen LogP contribution in [0.5, 0.6) is 0 Å². The highest BCUT2D eigenvalue weighted by molar-refractivity contribution is 7.92. The number of hydrogen-bond acceptors (Lipinski definition) is 8. The number of carbonyl (C=O) groups is 1. The lowest BCUT2D eigenvalue weighted by atomic mass is 9.99. The molecule has 2 aliphatic rings. The second-order valence-electron chi connectivity index (χ2n) is 12.1. The fourth-order valence-electron chi connectivity index (χ4n) is 5.50. The van der Waals surface area contributed by atoms with Gasteiger partial charge in [-0.1, -0.05) is 54.6 Å². The number of hydrogen-bond donors (Lipinski definition) is 2. The standard InChI is InChI=1S/C33H40N2O7S/c1-33(2,3)42-31(37)29-10-7-19-35(29)21-27-20-30(24-13-11-23(22-36)12-14-24)41-32(40-27)25-15-17-26(18-16-25)34-43(38,39)28-8-5-4-6-9-28/h4-6,8-9,11-18,27,29-30,32,34,36H,7,10,19-22H2,1-3H3. The highest BCUT2D eigenvalue weighted by Gasteiger charge is 2.39. The summed E-state index contributed by atoms with van der Waals surface area (Å²) in [4.78, 5) is 15.3. The Hall–Kier alpha value is -3.28. The minimum absolute atomic E-state index is 0.0401. The minimum Gasteiger partial charge on any atom is -0.459 e. The van der Waals surface area contributed by atoms with Crippen LogP contribution in [0.4, 0.5) is 5.69 Å². The monoisotopic (exact) mass is 608 g/mol. The van der Waals surface area contributed by atoms with Crippen molar-refractivity contribution < 1.29 is 32.5 Å². The maximum absolute atomic E-state index is 13.0. The van der Waals surface area contributed by atoms with Crippen LogP contribution in [0.2, 0.25) is 0 Å². The van der Waals surface area contributed by atoms with Crippen molar-refractivity contribution in [2.24, 2.45) is 0 Å². The average molecular weight is 609 g/mol. The number of rotatable bonds is 9. The van der Waals surface area contributed by atoms with Gasteiger partial charge in [-0.2, -0.15) is 0 Å². The Labute approximate surface area is 253 Å². The molecule has 3 aromatic carbocycles. The van der Waals surface area contributed by atoms with Crippen molar-refractivity contribution in [3.05, 3.63) is 95.6 Å². The van der Waals surface area contributed by atoms with Gasteiger partial charge in [0.2, 0.25) is 0 Å². The molecule has 10 heteroatoms. The van der Waals surface area contributed by atoms with Gasteiger partial charge in [-0.25, -0.2) is 8.42 Å². The van der Waals surface area contributed by atoms with Crippen LogP contribution >= 0.6 is 0 Å². The predicted molar refractivity (Wildman–Crippen MR) is 163 cm³/mol. The van der Waals surface area contributed by atoms with E-state index in [9.17, 15) is 18.3 Å². The van der Waals surface area contributed by atoms with Crippen LogP contribution in [0.3, 0.4) is 0 Å². The fraction of sp³-hybridized carbons (Fsp3) is 0.424. The van der Waals surface area contributed by atoms with Crippen LogP contribution in [0.25, 0.3) is 0 Å². The third-order valence-corrected chi connectivity index (χ3v) is 8.98. The zero-order chi connectivity index (χ0) is 30.6. The zero-order valence-corrected chi connectivity index (χ0v) is 25.6. The molecule has 2 N–H and O–H groups in total. The Kier molecular flexibility index (Phi) is 9.53. The molecule has 0 bridgehead atoms. The van der Waals surface area contributed by atoms with Crippen LogP contribution in [0, 0.1) is 0 Å². The summed E-state index contributed by atoms with van der Waals surface area (Å²) in [6, 6.07) is 22.5. The molecule has 0 amide bonds. The molecule has 4 unspecified atom stereocenters. The maximum atomic E-state index is 13.0. The lowest BCUT2D eigenvalue weighted by Crippen LogP contribution is -2.45. The van der Waals surface area contributed by atoms with Crippen molar-refractivity contribution in [2.45, 2.75) is 81.7 Å². The number of anilines is 1. The lowest BCUT2D eigenvalue weighted by Gasteiger charge is -2.38. The van der Waals surface area contributed by atoms with E-state index in [1.807, 2.05) is 45.0 Å². The molecule has 2 heterocycles. The Morgan fingerprint density at radius 1 is 0.977 bits per heavy atom. The summed E-state index contributed by atoms with van der Waals surface area (Å²) in [7, 11) is -3.72. The van der Waals surface area contributed by atoms with Crippen LogP contribution < -0.4 is 4.72 Å². The molecule has 5 rings (SSSR count). The van der Waals surface area contributed by atoms with Crippen molar-refractivity contribution in [3.63, 3.8) is 0 Å².